The molecular weight excluding hydrogens is 1730 g/mol. The molecule has 5 aliphatic heterocycles. The smallest absolute Gasteiger partial charge is 0.189 e. The van der Waals surface area contributed by atoms with Crippen LogP contribution >= 0.6 is 0 Å². The van der Waals surface area contributed by atoms with Gasteiger partial charge in [-0.25, -0.2) is 0 Å². The third kappa shape index (κ3) is 31.8. The van der Waals surface area contributed by atoms with Crippen molar-refractivity contribution in [3.63, 3.8) is 0 Å². The zero-order chi connectivity index (χ0) is 95.4. The molecule has 0 radical (unpaired) electrons. The Balaban J connectivity index is 0.000000192. The van der Waals surface area contributed by atoms with Crippen molar-refractivity contribution >= 4 is 0 Å². The minimum Gasteiger partial charge on any atom is -0.388 e. The van der Waals surface area contributed by atoms with Crippen LogP contribution in [0.15, 0.2) is 334 Å². The number of aliphatic hydroxyl groups is 3. The van der Waals surface area contributed by atoms with Crippen LogP contribution in [0.1, 0.15) is 129 Å². The Hall–Kier alpha value is -9.46. The first-order chi connectivity index (χ1) is 66.9. The molecule has 16 rings (SSSR count). The Kier molecular flexibility index (Phi) is 40.6. The molecule has 5 saturated heterocycles. The quantitative estimate of drug-likeness (QED) is 0.0301. The molecule has 0 amide bonds. The van der Waals surface area contributed by atoms with Crippen molar-refractivity contribution in [2.75, 3.05) is 26.4 Å². The maximum absolute atomic E-state index is 11.7. The van der Waals surface area contributed by atoms with E-state index in [0.29, 0.717) is 59.1 Å². The van der Waals surface area contributed by atoms with Crippen molar-refractivity contribution in [2.24, 2.45) is 11.8 Å². The average Bonchev–Trinajstić information content (AvgIpc) is 1.20. The lowest BCUT2D eigenvalue weighted by atomic mass is 9.91. The highest BCUT2D eigenvalue weighted by Gasteiger charge is 2.55. The van der Waals surface area contributed by atoms with Gasteiger partial charge in [0.05, 0.1) is 135 Å². The van der Waals surface area contributed by atoms with Crippen molar-refractivity contribution in [1.29, 1.82) is 0 Å². The van der Waals surface area contributed by atoms with E-state index < -0.39 is 122 Å². The monoisotopic (exact) mass is 1870 g/mol. The minimum absolute atomic E-state index is 0.157. The normalized spacial score (nSPS) is 26.2. The summed E-state index contributed by atoms with van der Waals surface area (Å²) in [6.45, 7) is 20.3. The maximum Gasteiger partial charge on any atom is 0.189 e. The molecule has 0 aromatic heterocycles. The second-order valence-corrected chi connectivity index (χ2v) is 36.7. The van der Waals surface area contributed by atoms with Gasteiger partial charge in [0.25, 0.3) is 0 Å². The molecule has 0 saturated carbocycles. The molecule has 11 aromatic carbocycles. The minimum atomic E-state index is -1.40. The molecule has 10 unspecified atom stereocenters. The van der Waals surface area contributed by atoms with Gasteiger partial charge in [-0.05, 0) is 102 Å². The van der Waals surface area contributed by atoms with Crippen LogP contribution in [0.25, 0.3) is 0 Å². The summed E-state index contributed by atoms with van der Waals surface area (Å²) in [7, 11) is 0. The van der Waals surface area contributed by atoms with Crippen LogP contribution in [0.2, 0.25) is 0 Å². The van der Waals surface area contributed by atoms with Gasteiger partial charge in [0.2, 0.25) is 0 Å². The number of hydrogen-bond acceptors (Lipinski definition) is 22. The molecule has 3 N–H and O–H groups in total. The van der Waals surface area contributed by atoms with Gasteiger partial charge < -0.3 is 105 Å². The summed E-state index contributed by atoms with van der Waals surface area (Å²) in [6.07, 6.45) is -12.6. The highest BCUT2D eigenvalue weighted by Crippen LogP contribution is 2.41. The predicted molar refractivity (Wildman–Crippen MR) is 521 cm³/mol. The van der Waals surface area contributed by atoms with E-state index in [-0.39, 0.29) is 69.8 Å². The summed E-state index contributed by atoms with van der Waals surface area (Å²) in [5.41, 5.74) is 9.75. The molecule has 730 valence electrons. The lowest BCUT2D eigenvalue weighted by molar-refractivity contribution is -0.383. The fraction of sp³-hybridized carbons (Fsp3) is 0.426. The summed E-state index contributed by atoms with van der Waals surface area (Å²) in [5.74, 6) is -0.702. The molecule has 5 fully saturated rings. The van der Waals surface area contributed by atoms with Crippen molar-refractivity contribution in [3.8, 4) is 0 Å². The van der Waals surface area contributed by atoms with Crippen LogP contribution in [-0.2, 0) is 163 Å². The summed E-state index contributed by atoms with van der Waals surface area (Å²) < 4.78 is 126. The molecule has 22 atom stereocenters. The zero-order valence-corrected chi connectivity index (χ0v) is 80.1. The van der Waals surface area contributed by atoms with Crippen LogP contribution in [-0.4, -0.2) is 176 Å². The van der Waals surface area contributed by atoms with Crippen LogP contribution < -0.4 is 0 Å². The first-order valence-electron chi connectivity index (χ1n) is 48.3. The molecule has 5 heterocycles. The molecule has 22 heteroatoms. The van der Waals surface area contributed by atoms with Gasteiger partial charge in [-0.2, -0.15) is 0 Å². The largest absolute Gasteiger partial charge is 0.388 e. The van der Waals surface area contributed by atoms with Crippen molar-refractivity contribution in [1.82, 2.24) is 0 Å². The van der Waals surface area contributed by atoms with E-state index >= 15 is 0 Å². The van der Waals surface area contributed by atoms with Crippen LogP contribution in [0.5, 0.6) is 0 Å². The standard InChI is InChI=1S/C54H66O11.C49H56O9.C12H16O2/c1-5-44-48(62-37-46(55)54(3,4)56)50(60-34-42-27-17-9-18-28-42)51(61-35-43-29-19-10-20-30-43)53(63-44)65-52-38(2)47(58-32-40-23-13-7-14-24-40)49(59-33-41-25-15-8-16-26-41)45(64-52)36-57-31-39-21-11-6-12-22-39;1-3-41-43(50)46(54-32-39-25-15-7-16-26-39)47(55-33-40-27-17-8-18-28-40)49(56-41)58-48-35(2)44(52-30-37-21-11-5-12-22-37)45(53-31-38-23-13-6-14-24-38)42(57-48)34-51-29-36-19-9-4-10-20-36;1-12(2,11-9-13-11)14-8-10-6-4-3-5-7-10/h6-30,38,44-53,55-56H,5,31-37H2,1-4H3;4-28,35,41-50H,3,29-34H2,1-2H3;3-7,11H,8-9H2,1-2H3/t38?,44?,45?,46-,47?,48+,49+,50-,51?,52+,53+;35?,41?,42?,43-,44?,45-,46+,47?,48-,49-;11-/m010/s1. The number of aliphatic hydroxyl groups excluding tert-OH is 2. The van der Waals surface area contributed by atoms with E-state index in [0.717, 1.165) is 62.2 Å². The van der Waals surface area contributed by atoms with Gasteiger partial charge >= 0.3 is 0 Å². The Bertz CT molecular complexity index is 5090. The third-order valence-electron chi connectivity index (χ3n) is 25.3. The van der Waals surface area contributed by atoms with E-state index in [2.05, 4.69) is 45.0 Å². The first kappa shape index (κ1) is 103. The molecule has 137 heavy (non-hydrogen) atoms. The van der Waals surface area contributed by atoms with Crippen LogP contribution in [0.3, 0.4) is 0 Å². The molecule has 0 bridgehead atoms. The number of rotatable bonds is 46. The van der Waals surface area contributed by atoms with E-state index in [1.165, 1.54) is 5.56 Å². The van der Waals surface area contributed by atoms with E-state index in [4.69, 9.17) is 90.0 Å². The molecule has 0 aliphatic carbocycles. The zero-order valence-electron chi connectivity index (χ0n) is 80.1. The Morgan fingerprint density at radius 1 is 0.292 bits per heavy atom. The van der Waals surface area contributed by atoms with Gasteiger partial charge in [-0.3, -0.25) is 0 Å². The number of epoxide rings is 1. The van der Waals surface area contributed by atoms with Crippen LogP contribution in [0, 0.1) is 11.8 Å². The molecule has 5 aliphatic rings. The van der Waals surface area contributed by atoms with Gasteiger partial charge in [0.15, 0.2) is 25.2 Å². The second kappa shape index (κ2) is 53.8. The van der Waals surface area contributed by atoms with Gasteiger partial charge in [-0.15, -0.1) is 0 Å². The maximum atomic E-state index is 11.7. The Morgan fingerprint density at radius 3 is 0.825 bits per heavy atom. The summed E-state index contributed by atoms with van der Waals surface area (Å²) in [4.78, 5) is 0. The van der Waals surface area contributed by atoms with Crippen molar-refractivity contribution in [2.45, 2.75) is 275 Å². The lowest BCUT2D eigenvalue weighted by Crippen LogP contribution is -2.63. The SMILES string of the molecule is CC(C)(OCc1ccccc1)[C@@H]1CO1.CCC1O[C@H](O[C@H]2OC(COCc3ccccc3)[C@@H](OCc3ccccc3)C(OCc3ccccc3)C2C)C(OCc2ccccc2)[C@@H](OCc2ccccc2)[C@@H]1O.CCC1O[C@H](O[C@H]2OC(COCc3ccccc3)[C@@H](OCc3ccccc3)C(OCc3ccccc3)C2C)C(OCc2ccccc2)[C@@H](OCc2ccccc2)[C@@H]1OC[C@H](O)C(C)(C)O. The fourth-order valence-electron chi connectivity index (χ4n) is 17.1. The van der Waals surface area contributed by atoms with Crippen LogP contribution in [0.4, 0.5) is 0 Å². The lowest BCUT2D eigenvalue weighted by Gasteiger charge is -2.49. The number of benzene rings is 11. The highest BCUT2D eigenvalue weighted by molar-refractivity contribution is 5.23. The van der Waals surface area contributed by atoms with Crippen molar-refractivity contribution in [3.05, 3.63) is 395 Å². The second-order valence-electron chi connectivity index (χ2n) is 36.7. The van der Waals surface area contributed by atoms with Gasteiger partial charge in [0, 0.05) is 11.8 Å². The third-order valence-corrected chi connectivity index (χ3v) is 25.3. The Morgan fingerprint density at radius 2 is 0.533 bits per heavy atom. The van der Waals surface area contributed by atoms with E-state index in [1.54, 1.807) is 13.8 Å². The predicted octanol–water partition coefficient (Wildman–Crippen LogP) is 19.4. The molecular formula is C115H138O22. The molecule has 11 aromatic rings. The topological polar surface area (TPSA) is 239 Å². The number of ether oxygens (including phenoxy) is 19. The summed E-state index contributed by atoms with van der Waals surface area (Å²) in [6, 6.07) is 110. The molecule has 22 nitrogen and oxygen atoms in total. The number of hydrogen-bond donors (Lipinski definition) is 3. The van der Waals surface area contributed by atoms with E-state index in [9.17, 15) is 15.3 Å². The average molecular weight is 1870 g/mol. The summed E-state index contributed by atoms with van der Waals surface area (Å²) >= 11 is 0. The Labute approximate surface area is 808 Å². The van der Waals surface area contributed by atoms with Gasteiger partial charge in [0.1, 0.15) is 73.2 Å². The van der Waals surface area contributed by atoms with E-state index in [1.807, 2.05) is 330 Å². The van der Waals surface area contributed by atoms with Crippen molar-refractivity contribution < 1.29 is 105 Å². The fourth-order valence-corrected chi connectivity index (χ4v) is 17.1. The first-order valence-corrected chi connectivity index (χ1v) is 48.3. The highest BCUT2D eigenvalue weighted by atomic mass is 16.8. The summed E-state index contributed by atoms with van der Waals surface area (Å²) in [5, 5.41) is 33.3. The molecule has 0 spiro atoms. The van der Waals surface area contributed by atoms with Gasteiger partial charge in [-0.1, -0.05) is 361 Å².